The molecule has 0 aliphatic rings. The molecule has 0 aliphatic carbocycles. The van der Waals surface area contributed by atoms with E-state index in [0.29, 0.717) is 5.56 Å². The second kappa shape index (κ2) is 7.58. The Kier molecular flexibility index (Phi) is 6.37. The third kappa shape index (κ3) is 4.70. The van der Waals surface area contributed by atoms with Crippen molar-refractivity contribution in [1.29, 1.82) is 0 Å². The van der Waals surface area contributed by atoms with Gasteiger partial charge in [0.1, 0.15) is 11.9 Å². The minimum Gasteiger partial charge on any atom is -0.480 e. The summed E-state index contributed by atoms with van der Waals surface area (Å²) in [4.78, 5) is 27.3. The molecule has 0 saturated heterocycles. The van der Waals surface area contributed by atoms with Crippen LogP contribution < -0.4 is 10.6 Å². The molecule has 0 aromatic carbocycles. The van der Waals surface area contributed by atoms with Crippen LogP contribution in [-0.4, -0.2) is 42.4 Å². The molecule has 26 heavy (non-hydrogen) atoms. The van der Waals surface area contributed by atoms with Crippen LogP contribution >= 0.6 is 0 Å². The van der Waals surface area contributed by atoms with E-state index in [0.717, 1.165) is 0 Å². The summed E-state index contributed by atoms with van der Waals surface area (Å²) in [5.41, 5.74) is 6.09. The van der Waals surface area contributed by atoms with Gasteiger partial charge in [0, 0.05) is 18.7 Å². The Hall–Kier alpha value is -2.20. The van der Waals surface area contributed by atoms with Gasteiger partial charge in [0.05, 0.1) is 11.5 Å². The zero-order valence-electron chi connectivity index (χ0n) is 16.4. The van der Waals surface area contributed by atoms with E-state index in [1.165, 1.54) is 24.9 Å². The number of hydrogen-bond donors (Lipinski definition) is 2. The summed E-state index contributed by atoms with van der Waals surface area (Å²) < 4.78 is 6.07. The second-order valence-electron chi connectivity index (χ2n) is 7.81. The first-order valence-corrected chi connectivity index (χ1v) is 11.1. The Bertz CT molecular complexity index is 703. The molecule has 0 saturated carbocycles. The van der Waals surface area contributed by atoms with Crippen molar-refractivity contribution in [1.82, 2.24) is 4.98 Å². The van der Waals surface area contributed by atoms with Crippen LogP contribution in [0.4, 0.5) is 17.3 Å². The Morgan fingerprint density at radius 2 is 2.04 bits per heavy atom. The van der Waals surface area contributed by atoms with Crippen LogP contribution in [0.15, 0.2) is 6.07 Å². The molecule has 1 heterocycles. The molecular formula is C16H28N4O5Si. The van der Waals surface area contributed by atoms with E-state index in [9.17, 15) is 14.9 Å². The van der Waals surface area contributed by atoms with Gasteiger partial charge in [-0.25, -0.2) is 9.78 Å². The van der Waals surface area contributed by atoms with Gasteiger partial charge in [-0.15, -0.1) is 0 Å². The molecule has 10 heteroatoms. The zero-order chi connectivity index (χ0) is 20.4. The number of carboxylic acids is 1. The Morgan fingerprint density at radius 1 is 1.50 bits per heavy atom. The van der Waals surface area contributed by atoms with Crippen molar-refractivity contribution in [2.24, 2.45) is 0 Å². The SMILES string of the molecule is C[C@@H](C(=O)O)N(C)c1nc(N)c(CO[Si](C)(C)C(C)(C)C)cc1[N+](=O)[O-]. The van der Waals surface area contributed by atoms with Crippen LogP contribution in [0.25, 0.3) is 0 Å². The normalized spacial score (nSPS) is 13.3. The highest BCUT2D eigenvalue weighted by Gasteiger charge is 2.37. The van der Waals surface area contributed by atoms with Crippen LogP contribution in [0.3, 0.4) is 0 Å². The number of nitrogens with zero attached hydrogens (tertiary/aromatic N) is 3. The highest BCUT2D eigenvalue weighted by Crippen LogP contribution is 2.38. The van der Waals surface area contributed by atoms with Gasteiger partial charge in [0.25, 0.3) is 0 Å². The molecule has 0 aliphatic heterocycles. The topological polar surface area (TPSA) is 132 Å². The standard InChI is InChI=1S/C16H28N4O5Si/c1-10(15(21)22)19(5)14-12(20(23)24)8-11(13(17)18-14)9-25-26(6,7)16(2,3)4/h8,10H,9H2,1-7H3,(H2,17,18)(H,21,22)/t10-/m0/s1. The smallest absolute Gasteiger partial charge is 0.326 e. The lowest BCUT2D eigenvalue weighted by atomic mass is 10.2. The molecule has 0 unspecified atom stereocenters. The van der Waals surface area contributed by atoms with Crippen molar-refractivity contribution in [3.05, 3.63) is 21.7 Å². The average Bonchev–Trinajstić information content (AvgIpc) is 2.50. The monoisotopic (exact) mass is 384 g/mol. The number of carboxylic acid groups (broad SMARTS) is 1. The van der Waals surface area contributed by atoms with E-state index in [-0.39, 0.29) is 29.0 Å². The molecule has 146 valence electrons. The Balaban J connectivity index is 3.25. The molecule has 0 bridgehead atoms. The first-order valence-electron chi connectivity index (χ1n) is 8.22. The summed E-state index contributed by atoms with van der Waals surface area (Å²) >= 11 is 0. The molecule has 3 N–H and O–H groups in total. The summed E-state index contributed by atoms with van der Waals surface area (Å²) in [6.45, 7) is 12.0. The van der Waals surface area contributed by atoms with Crippen LogP contribution in [-0.2, 0) is 15.8 Å². The molecule has 1 aromatic heterocycles. The van der Waals surface area contributed by atoms with E-state index in [4.69, 9.17) is 15.3 Å². The maximum absolute atomic E-state index is 11.5. The molecule has 0 amide bonds. The average molecular weight is 385 g/mol. The van der Waals surface area contributed by atoms with Crippen molar-refractivity contribution >= 4 is 31.6 Å². The molecule has 9 nitrogen and oxygen atoms in total. The summed E-state index contributed by atoms with van der Waals surface area (Å²) in [7, 11) is -0.635. The number of hydrogen-bond acceptors (Lipinski definition) is 7. The quantitative estimate of drug-likeness (QED) is 0.416. The van der Waals surface area contributed by atoms with E-state index < -0.39 is 25.3 Å². The fourth-order valence-electron chi connectivity index (χ4n) is 1.88. The molecule has 0 fully saturated rings. The zero-order valence-corrected chi connectivity index (χ0v) is 17.4. The lowest BCUT2D eigenvalue weighted by molar-refractivity contribution is -0.384. The van der Waals surface area contributed by atoms with Crippen molar-refractivity contribution in [3.63, 3.8) is 0 Å². The lowest BCUT2D eigenvalue weighted by Gasteiger charge is -2.36. The number of nitrogens with two attached hydrogens (primary N) is 1. The number of nitro groups is 1. The van der Waals surface area contributed by atoms with E-state index in [1.54, 1.807) is 0 Å². The molecule has 0 spiro atoms. The van der Waals surface area contributed by atoms with Crippen LogP contribution in [0.5, 0.6) is 0 Å². The summed E-state index contributed by atoms with van der Waals surface area (Å²) in [6.07, 6.45) is 0. The van der Waals surface area contributed by atoms with E-state index in [2.05, 4.69) is 38.8 Å². The minimum atomic E-state index is -2.06. The van der Waals surface area contributed by atoms with Gasteiger partial charge in [-0.2, -0.15) is 0 Å². The van der Waals surface area contributed by atoms with Gasteiger partial charge < -0.3 is 20.2 Å². The first kappa shape index (κ1) is 21.8. The van der Waals surface area contributed by atoms with Crippen molar-refractivity contribution in [3.8, 4) is 0 Å². The summed E-state index contributed by atoms with van der Waals surface area (Å²) in [6, 6.07) is 0.325. The highest BCUT2D eigenvalue weighted by atomic mass is 28.4. The van der Waals surface area contributed by atoms with Gasteiger partial charge in [-0.05, 0) is 25.1 Å². The third-order valence-corrected chi connectivity index (χ3v) is 9.44. The Morgan fingerprint density at radius 3 is 2.46 bits per heavy atom. The fraction of sp³-hybridized carbons (Fsp3) is 0.625. The van der Waals surface area contributed by atoms with E-state index >= 15 is 0 Å². The van der Waals surface area contributed by atoms with Crippen molar-refractivity contribution < 1.29 is 19.3 Å². The van der Waals surface area contributed by atoms with Gasteiger partial charge in [0.15, 0.2) is 8.32 Å². The third-order valence-electron chi connectivity index (χ3n) is 4.96. The van der Waals surface area contributed by atoms with Crippen molar-refractivity contribution in [2.75, 3.05) is 17.7 Å². The van der Waals surface area contributed by atoms with Crippen molar-refractivity contribution in [2.45, 2.75) is 58.5 Å². The van der Waals surface area contributed by atoms with Crippen LogP contribution in [0, 0.1) is 10.1 Å². The minimum absolute atomic E-state index is 0.0157. The van der Waals surface area contributed by atoms with Crippen LogP contribution in [0.1, 0.15) is 33.3 Å². The summed E-state index contributed by atoms with van der Waals surface area (Å²) in [5, 5.41) is 20.6. The molecular weight excluding hydrogens is 356 g/mol. The van der Waals surface area contributed by atoms with Gasteiger partial charge in [-0.1, -0.05) is 20.8 Å². The highest BCUT2D eigenvalue weighted by molar-refractivity contribution is 6.74. The number of likely N-dealkylation sites (N-methyl/N-ethyl adjacent to an activating group) is 1. The Labute approximate surface area is 154 Å². The summed E-state index contributed by atoms with van der Waals surface area (Å²) in [5.74, 6) is -1.11. The maximum atomic E-state index is 11.5. The molecule has 1 rings (SSSR count). The number of pyridine rings is 1. The van der Waals surface area contributed by atoms with Gasteiger partial charge in [0.2, 0.25) is 5.82 Å². The molecule has 1 aromatic rings. The fourth-order valence-corrected chi connectivity index (χ4v) is 2.83. The van der Waals surface area contributed by atoms with Crippen LogP contribution in [0.2, 0.25) is 18.1 Å². The number of rotatable bonds is 7. The predicted octanol–water partition coefficient (Wildman–Crippen LogP) is 3.00. The van der Waals surface area contributed by atoms with Gasteiger partial charge in [-0.3, -0.25) is 10.1 Å². The first-order chi connectivity index (χ1) is 11.7. The maximum Gasteiger partial charge on any atom is 0.326 e. The largest absolute Gasteiger partial charge is 0.480 e. The number of anilines is 2. The predicted molar refractivity (Wildman–Crippen MR) is 103 cm³/mol. The number of nitrogen functional groups attached to an aromatic ring is 1. The second-order valence-corrected chi connectivity index (χ2v) is 12.6. The van der Waals surface area contributed by atoms with Gasteiger partial charge >= 0.3 is 11.7 Å². The number of carbonyl (C=O) groups is 1. The lowest BCUT2D eigenvalue weighted by Crippen LogP contribution is -2.40. The molecule has 1 atom stereocenters. The molecule has 0 radical (unpaired) electrons. The number of aromatic nitrogens is 1. The number of aliphatic carboxylic acids is 1. The van der Waals surface area contributed by atoms with E-state index in [1.807, 2.05) is 0 Å².